The van der Waals surface area contributed by atoms with E-state index in [1.165, 1.54) is 0 Å². The minimum Gasteiger partial charge on any atom is -0.452 e. The number of fused-ring (bicyclic) bond motifs is 2. The molecule has 5 nitrogen and oxygen atoms in total. The number of ether oxygens (including phenoxy) is 1. The minimum absolute atomic E-state index is 0.0135. The lowest BCUT2D eigenvalue weighted by Crippen LogP contribution is -2.29. The fourth-order valence-corrected chi connectivity index (χ4v) is 5.41. The monoisotopic (exact) mass is 572 g/mol. The van der Waals surface area contributed by atoms with E-state index in [2.05, 4.69) is 32.2 Å². The maximum Gasteiger partial charge on any atom is 0.339 e. The fraction of sp³-hybridized carbons (Fsp3) is 0.242. The number of nitrogens with one attached hydrogen (secondary N) is 1. The topological polar surface area (TPSA) is 68.3 Å². The Kier molecular flexibility index (Phi) is 7.97. The van der Waals surface area contributed by atoms with E-state index in [0.717, 1.165) is 28.8 Å². The number of rotatable bonds is 5. The molecule has 1 N–H and O–H groups in total. The highest BCUT2D eigenvalue weighted by Crippen LogP contribution is 2.45. The summed E-state index contributed by atoms with van der Waals surface area (Å²) in [7, 11) is 0. The van der Waals surface area contributed by atoms with Crippen LogP contribution in [0.2, 0.25) is 10.0 Å². The molecule has 1 aliphatic carbocycles. The minimum atomic E-state index is -0.545. The van der Waals surface area contributed by atoms with Crippen molar-refractivity contribution >= 4 is 63.3 Å². The van der Waals surface area contributed by atoms with Gasteiger partial charge in [-0.15, -0.1) is 0 Å². The summed E-state index contributed by atoms with van der Waals surface area (Å²) in [4.78, 5) is 31.4. The molecule has 1 aliphatic rings. The molecule has 0 fully saturated rings. The van der Waals surface area contributed by atoms with Crippen molar-refractivity contribution in [3.05, 3.63) is 105 Å². The number of esters is 1. The maximum atomic E-state index is 13.7. The lowest BCUT2D eigenvalue weighted by Gasteiger charge is -2.36. The van der Waals surface area contributed by atoms with Crippen LogP contribution >= 0.6 is 23.2 Å². The normalized spacial score (nSPS) is 16.0. The van der Waals surface area contributed by atoms with Crippen LogP contribution in [-0.4, -0.2) is 23.5 Å². The van der Waals surface area contributed by atoms with E-state index < -0.39 is 18.5 Å². The Morgan fingerprint density at radius 1 is 0.975 bits per heavy atom. The molecule has 0 saturated heterocycles. The third-order valence-corrected chi connectivity index (χ3v) is 7.78. The van der Waals surface area contributed by atoms with Gasteiger partial charge in [0.1, 0.15) is 0 Å². The van der Waals surface area contributed by atoms with Crippen molar-refractivity contribution in [2.75, 3.05) is 11.9 Å². The summed E-state index contributed by atoms with van der Waals surface area (Å²) >= 11 is 12.1. The average Bonchev–Trinajstić information content (AvgIpc) is 2.91. The fourth-order valence-electron chi connectivity index (χ4n) is 5.10. The first-order valence-electron chi connectivity index (χ1n) is 13.2. The molecule has 5 rings (SSSR count). The summed E-state index contributed by atoms with van der Waals surface area (Å²) in [6.07, 6.45) is 3.62. The van der Waals surface area contributed by atoms with Gasteiger partial charge >= 0.3 is 5.97 Å². The van der Waals surface area contributed by atoms with Crippen molar-refractivity contribution in [2.24, 2.45) is 11.3 Å². The van der Waals surface area contributed by atoms with E-state index in [9.17, 15) is 9.59 Å². The molecule has 0 spiro atoms. The van der Waals surface area contributed by atoms with Crippen LogP contribution < -0.4 is 5.32 Å². The Morgan fingerprint density at radius 3 is 2.45 bits per heavy atom. The maximum absolute atomic E-state index is 13.7. The van der Waals surface area contributed by atoms with Crippen molar-refractivity contribution in [3.8, 4) is 0 Å². The van der Waals surface area contributed by atoms with Gasteiger partial charge in [0.25, 0.3) is 5.91 Å². The number of hydrogen-bond donors (Lipinski definition) is 1. The second-order valence-corrected chi connectivity index (χ2v) is 12.0. The van der Waals surface area contributed by atoms with E-state index >= 15 is 0 Å². The van der Waals surface area contributed by atoms with Crippen LogP contribution in [0.25, 0.3) is 22.6 Å². The van der Waals surface area contributed by atoms with E-state index in [4.69, 9.17) is 32.9 Å². The second-order valence-electron chi connectivity index (χ2n) is 11.2. The molecule has 1 aromatic heterocycles. The Balaban J connectivity index is 1.54. The summed E-state index contributed by atoms with van der Waals surface area (Å²) in [5.41, 5.74) is 5.40. The van der Waals surface area contributed by atoms with Gasteiger partial charge in [-0.25, -0.2) is 9.78 Å². The molecule has 0 unspecified atom stereocenters. The highest BCUT2D eigenvalue weighted by molar-refractivity contribution is 6.31. The Bertz CT molecular complexity index is 1620. The smallest absolute Gasteiger partial charge is 0.339 e. The standard InChI is InChI=1S/C33H30Cl2N2O3/c1-33(2,3)22-16-21(15-20-11-13-23(34)14-12-20)31-27(17-22)30(26-9-4-5-10-28(26)37-31)32(39)40-19-29(38)36-25-8-6-7-24(35)18-25/h4-15,18,22H,16-17,19H2,1-3H3,(H,36,38)/b21-15+/t22-/m1/s1. The number of hydrogen-bond acceptors (Lipinski definition) is 4. The summed E-state index contributed by atoms with van der Waals surface area (Å²) < 4.78 is 5.61. The van der Waals surface area contributed by atoms with Crippen molar-refractivity contribution in [1.82, 2.24) is 4.98 Å². The molecule has 1 heterocycles. The summed E-state index contributed by atoms with van der Waals surface area (Å²) in [6.45, 7) is 6.23. The number of carbonyl (C=O) groups is 2. The first kappa shape index (κ1) is 27.9. The summed E-state index contributed by atoms with van der Waals surface area (Å²) in [5, 5.41) is 4.61. The molecular weight excluding hydrogens is 543 g/mol. The molecule has 0 bridgehead atoms. The van der Waals surface area contributed by atoms with Crippen molar-refractivity contribution < 1.29 is 14.3 Å². The molecule has 40 heavy (non-hydrogen) atoms. The van der Waals surface area contributed by atoms with Gasteiger partial charge in [0.15, 0.2) is 6.61 Å². The third-order valence-electron chi connectivity index (χ3n) is 7.30. The molecule has 204 valence electrons. The molecule has 1 amide bonds. The number of nitrogens with zero attached hydrogens (tertiary/aromatic N) is 1. The van der Waals surface area contributed by atoms with Gasteiger partial charge in [-0.1, -0.05) is 80.4 Å². The number of carbonyl (C=O) groups excluding carboxylic acids is 2. The van der Waals surface area contributed by atoms with Crippen LogP contribution in [0, 0.1) is 11.3 Å². The van der Waals surface area contributed by atoms with Gasteiger partial charge in [0.2, 0.25) is 0 Å². The highest BCUT2D eigenvalue weighted by atomic mass is 35.5. The van der Waals surface area contributed by atoms with Gasteiger partial charge in [0.05, 0.1) is 16.8 Å². The SMILES string of the molecule is CC(C)(C)[C@@H]1C/C(=C\c2ccc(Cl)cc2)c2nc3ccccc3c(C(=O)OCC(=O)Nc3cccc(Cl)c3)c2C1. The molecule has 0 radical (unpaired) electrons. The van der Waals surface area contributed by atoms with E-state index in [-0.39, 0.29) is 11.3 Å². The van der Waals surface area contributed by atoms with Crippen LogP contribution in [0.5, 0.6) is 0 Å². The number of anilines is 1. The van der Waals surface area contributed by atoms with Gasteiger partial charge in [-0.3, -0.25) is 4.79 Å². The number of amides is 1. The summed E-state index contributed by atoms with van der Waals surface area (Å²) in [6, 6.07) is 22.1. The molecular formula is C33H30Cl2N2O3. The van der Waals surface area contributed by atoms with E-state index in [1.54, 1.807) is 24.3 Å². The lowest BCUT2D eigenvalue weighted by atomic mass is 9.69. The van der Waals surface area contributed by atoms with Gasteiger partial charge in [0, 0.05) is 21.1 Å². The zero-order chi connectivity index (χ0) is 28.4. The first-order chi connectivity index (χ1) is 19.1. The first-order valence-corrected chi connectivity index (χ1v) is 13.9. The van der Waals surface area contributed by atoms with Gasteiger partial charge < -0.3 is 10.1 Å². The Morgan fingerprint density at radius 2 is 1.73 bits per heavy atom. The number of benzene rings is 3. The second kappa shape index (κ2) is 11.4. The molecule has 3 aromatic carbocycles. The van der Waals surface area contributed by atoms with Crippen LogP contribution in [-0.2, 0) is 16.0 Å². The zero-order valence-corrected chi connectivity index (χ0v) is 24.1. The predicted molar refractivity (Wildman–Crippen MR) is 163 cm³/mol. The van der Waals surface area contributed by atoms with Crippen molar-refractivity contribution in [2.45, 2.75) is 33.6 Å². The van der Waals surface area contributed by atoms with Gasteiger partial charge in [-0.05, 0) is 83.3 Å². The van der Waals surface area contributed by atoms with Crippen LogP contribution in [0.3, 0.4) is 0 Å². The molecule has 4 aromatic rings. The van der Waals surface area contributed by atoms with Gasteiger partial charge in [-0.2, -0.15) is 0 Å². The van der Waals surface area contributed by atoms with Crippen LogP contribution in [0.1, 0.15) is 54.4 Å². The Hall–Kier alpha value is -3.67. The number of allylic oxidation sites excluding steroid dienone is 1. The van der Waals surface area contributed by atoms with E-state index in [0.29, 0.717) is 38.6 Å². The number of halogens is 2. The molecule has 0 aliphatic heterocycles. The van der Waals surface area contributed by atoms with Crippen LogP contribution in [0.4, 0.5) is 5.69 Å². The number of para-hydroxylation sites is 1. The Labute approximate surface area is 244 Å². The predicted octanol–water partition coefficient (Wildman–Crippen LogP) is 8.49. The quantitative estimate of drug-likeness (QED) is 0.243. The highest BCUT2D eigenvalue weighted by Gasteiger charge is 2.35. The number of pyridine rings is 1. The van der Waals surface area contributed by atoms with Crippen molar-refractivity contribution in [3.63, 3.8) is 0 Å². The zero-order valence-electron chi connectivity index (χ0n) is 22.6. The molecule has 1 atom stereocenters. The van der Waals surface area contributed by atoms with Crippen LogP contribution in [0.15, 0.2) is 72.8 Å². The summed E-state index contributed by atoms with van der Waals surface area (Å²) in [5.74, 6) is -0.727. The average molecular weight is 574 g/mol. The van der Waals surface area contributed by atoms with Crippen molar-refractivity contribution in [1.29, 1.82) is 0 Å². The lowest BCUT2D eigenvalue weighted by molar-refractivity contribution is -0.119. The molecule has 0 saturated carbocycles. The number of aromatic nitrogens is 1. The largest absolute Gasteiger partial charge is 0.452 e. The van der Waals surface area contributed by atoms with E-state index in [1.807, 2.05) is 48.5 Å². The third kappa shape index (κ3) is 6.22. The molecule has 7 heteroatoms.